The summed E-state index contributed by atoms with van der Waals surface area (Å²) >= 11 is 0. The first-order chi connectivity index (χ1) is 22.2. The van der Waals surface area contributed by atoms with Gasteiger partial charge in [0.15, 0.2) is 11.5 Å². The Morgan fingerprint density at radius 1 is 0.333 bits per heavy atom. The van der Waals surface area contributed by atoms with Crippen molar-refractivity contribution in [2.45, 2.75) is 0 Å². The van der Waals surface area contributed by atoms with Crippen molar-refractivity contribution in [1.82, 2.24) is 0 Å². The first kappa shape index (κ1) is 24.8. The molecule has 0 radical (unpaired) electrons. The highest BCUT2D eigenvalue weighted by atomic mass is 31.2. The van der Waals surface area contributed by atoms with Crippen molar-refractivity contribution in [3.05, 3.63) is 146 Å². The number of anilines is 2. The quantitative estimate of drug-likeness (QED) is 0.171. The van der Waals surface area contributed by atoms with Crippen molar-refractivity contribution in [3.8, 4) is 33.8 Å². The molecule has 212 valence electrons. The van der Waals surface area contributed by atoms with Gasteiger partial charge in [-0.3, -0.25) is 9.05 Å². The fourth-order valence-corrected chi connectivity index (χ4v) is 9.31. The van der Waals surface area contributed by atoms with Gasteiger partial charge in [-0.05, 0) is 67.4 Å². The molecule has 0 atom stereocenters. The molecule has 0 saturated carbocycles. The summed E-state index contributed by atoms with van der Waals surface area (Å²) in [6, 6.07) is 51.3. The molecule has 0 saturated heterocycles. The maximum Gasteiger partial charge on any atom is 0.572 e. The second-order valence-corrected chi connectivity index (χ2v) is 13.6. The van der Waals surface area contributed by atoms with Crippen LogP contribution in [0, 0.1) is 0 Å². The van der Waals surface area contributed by atoms with Gasteiger partial charge in [0.2, 0.25) is 0 Å². The molecule has 0 fully saturated rings. The lowest BCUT2D eigenvalue weighted by molar-refractivity contribution is 0.478. The van der Waals surface area contributed by atoms with Gasteiger partial charge >= 0.3 is 8.02 Å². The Morgan fingerprint density at radius 2 is 0.667 bits per heavy atom. The van der Waals surface area contributed by atoms with Crippen LogP contribution in [0.4, 0.5) is 11.4 Å². The Labute approximate surface area is 260 Å². The molecule has 2 aliphatic heterocycles. The molecule has 10 rings (SSSR count). The molecule has 45 heavy (non-hydrogen) atoms. The number of hydrogen-bond donors (Lipinski definition) is 2. The lowest BCUT2D eigenvalue weighted by Crippen LogP contribution is -2.22. The summed E-state index contributed by atoms with van der Waals surface area (Å²) in [5.74, 6) is 1.56. The van der Waals surface area contributed by atoms with Crippen LogP contribution in [-0.4, -0.2) is 0 Å². The molecule has 0 amide bonds. The first-order valence-corrected chi connectivity index (χ1v) is 16.8. The monoisotopic (exact) mass is 597 g/mol. The number of nitrogens with one attached hydrogen (secondary N) is 2. The van der Waals surface area contributed by atoms with E-state index < -0.39 is 8.02 Å². The fourth-order valence-electron chi connectivity index (χ4n) is 7.17. The summed E-state index contributed by atoms with van der Waals surface area (Å²) in [7, 11) is -3.11. The Bertz CT molecular complexity index is 2170. The second-order valence-electron chi connectivity index (χ2n) is 11.7. The second kappa shape index (κ2) is 9.22. The molecule has 0 aliphatic carbocycles. The van der Waals surface area contributed by atoms with E-state index in [0.29, 0.717) is 0 Å². The average Bonchev–Trinajstić information content (AvgIpc) is 3.32. The summed E-state index contributed by atoms with van der Waals surface area (Å²) in [5.41, 5.74) is 6.30. The summed E-state index contributed by atoms with van der Waals surface area (Å²) < 4.78 is 14.4. The van der Waals surface area contributed by atoms with Crippen LogP contribution in [-0.2, 0) is 0 Å². The summed E-state index contributed by atoms with van der Waals surface area (Å²) in [5, 5.41) is 17.0. The largest absolute Gasteiger partial charge is 0.572 e. The van der Waals surface area contributed by atoms with Gasteiger partial charge in [0.1, 0.15) is 0 Å². The van der Waals surface area contributed by atoms with Gasteiger partial charge in [0.05, 0.1) is 11.4 Å². The van der Waals surface area contributed by atoms with Crippen LogP contribution in [0.15, 0.2) is 146 Å². The highest BCUT2D eigenvalue weighted by molar-refractivity contribution is 7.70. The average molecular weight is 598 g/mol. The third-order valence-electron chi connectivity index (χ3n) is 9.13. The van der Waals surface area contributed by atoms with Gasteiger partial charge in [-0.15, -0.1) is 0 Å². The molecule has 1 spiro atoms. The Kier molecular flexibility index (Phi) is 5.09. The van der Waals surface area contributed by atoms with Gasteiger partial charge in [-0.25, -0.2) is 0 Å². The van der Waals surface area contributed by atoms with Crippen molar-refractivity contribution >= 4 is 62.5 Å². The molecule has 0 bridgehead atoms. The van der Waals surface area contributed by atoms with E-state index in [1.54, 1.807) is 0 Å². The molecular weight excluding hydrogens is 571 g/mol. The minimum Gasteiger partial charge on any atom is -0.264 e. The highest BCUT2D eigenvalue weighted by Crippen LogP contribution is 2.67. The molecule has 2 aliphatic rings. The smallest absolute Gasteiger partial charge is 0.264 e. The van der Waals surface area contributed by atoms with Crippen molar-refractivity contribution in [2.75, 3.05) is 10.2 Å². The minimum atomic E-state index is -3.11. The normalized spacial score (nSPS) is 14.2. The van der Waals surface area contributed by atoms with E-state index in [0.717, 1.165) is 77.4 Å². The minimum absolute atomic E-state index is 0.781. The molecule has 2 heterocycles. The van der Waals surface area contributed by atoms with E-state index in [1.807, 2.05) is 0 Å². The SMILES string of the molecule is c1ccc2c3c(ccc2c1)N[P+]1(Nc2ccc4ccccc4c2-c2c(ccc4ccccc24)O1)Oc1ccc2ccccc2c1-3. The van der Waals surface area contributed by atoms with Crippen LogP contribution in [0.2, 0.25) is 0 Å². The van der Waals surface area contributed by atoms with E-state index in [2.05, 4.69) is 156 Å². The number of benzene rings is 8. The molecule has 8 aromatic rings. The lowest BCUT2D eigenvalue weighted by atomic mass is 9.92. The van der Waals surface area contributed by atoms with Gasteiger partial charge in [0.25, 0.3) is 0 Å². The Balaban J connectivity index is 1.30. The highest BCUT2D eigenvalue weighted by Gasteiger charge is 2.53. The van der Waals surface area contributed by atoms with Gasteiger partial charge in [-0.2, -0.15) is 10.2 Å². The van der Waals surface area contributed by atoms with Crippen LogP contribution in [0.5, 0.6) is 11.5 Å². The zero-order valence-corrected chi connectivity index (χ0v) is 25.0. The topological polar surface area (TPSA) is 42.5 Å². The summed E-state index contributed by atoms with van der Waals surface area (Å²) in [6.45, 7) is 0. The predicted octanol–water partition coefficient (Wildman–Crippen LogP) is 11.6. The van der Waals surface area contributed by atoms with Crippen LogP contribution >= 0.6 is 8.02 Å². The van der Waals surface area contributed by atoms with Gasteiger partial charge < -0.3 is 0 Å². The van der Waals surface area contributed by atoms with Gasteiger partial charge in [0, 0.05) is 22.3 Å². The van der Waals surface area contributed by atoms with E-state index in [9.17, 15) is 0 Å². The van der Waals surface area contributed by atoms with Crippen molar-refractivity contribution in [1.29, 1.82) is 0 Å². The summed E-state index contributed by atoms with van der Waals surface area (Å²) in [6.07, 6.45) is 0. The van der Waals surface area contributed by atoms with Crippen LogP contribution in [0.25, 0.3) is 65.3 Å². The van der Waals surface area contributed by atoms with E-state index >= 15 is 0 Å². The molecule has 8 aromatic carbocycles. The maximum atomic E-state index is 7.21. The third kappa shape index (κ3) is 3.64. The lowest BCUT2D eigenvalue weighted by Gasteiger charge is -2.23. The molecule has 0 aromatic heterocycles. The standard InChI is InChI=1S/C40H26N2O2P/c1-5-13-29-25(9-1)17-21-33-37(29)39-31-15-7-3-11-27(31)19-23-35(39)43-45(41-33)42-34-22-18-26-10-2-6-14-30(26)38(34)40-32-16-8-4-12-28(32)20-24-36(40)44-45/h1-24,41-42H/q+1. The van der Waals surface area contributed by atoms with Crippen LogP contribution in [0.3, 0.4) is 0 Å². The molecule has 2 N–H and O–H groups in total. The zero-order chi connectivity index (χ0) is 29.5. The number of hydrogen-bond acceptors (Lipinski definition) is 4. The van der Waals surface area contributed by atoms with E-state index in [-0.39, 0.29) is 0 Å². The molecule has 5 heteroatoms. The van der Waals surface area contributed by atoms with Crippen molar-refractivity contribution < 1.29 is 9.05 Å². The number of fused-ring (bicyclic) bond motifs is 14. The third-order valence-corrected chi connectivity index (χ3v) is 11.1. The van der Waals surface area contributed by atoms with E-state index in [1.165, 1.54) is 10.8 Å². The van der Waals surface area contributed by atoms with Crippen LogP contribution < -0.4 is 19.2 Å². The molecular formula is C40H26N2O2P+. The Hall–Kier alpha value is -5.57. The van der Waals surface area contributed by atoms with Crippen LogP contribution in [0.1, 0.15) is 0 Å². The number of rotatable bonds is 0. The summed E-state index contributed by atoms with van der Waals surface area (Å²) in [4.78, 5) is 0. The molecule has 4 nitrogen and oxygen atoms in total. The van der Waals surface area contributed by atoms with Crippen molar-refractivity contribution in [3.63, 3.8) is 0 Å². The Morgan fingerprint density at radius 3 is 1.07 bits per heavy atom. The maximum absolute atomic E-state index is 7.21. The first-order valence-electron chi connectivity index (χ1n) is 15.2. The van der Waals surface area contributed by atoms with E-state index in [4.69, 9.17) is 9.05 Å². The molecule has 0 unspecified atom stereocenters. The fraction of sp³-hybridized carbons (Fsp3) is 0. The zero-order valence-electron chi connectivity index (χ0n) is 24.1. The van der Waals surface area contributed by atoms with Gasteiger partial charge in [-0.1, -0.05) is 121 Å². The van der Waals surface area contributed by atoms with Crippen molar-refractivity contribution in [2.24, 2.45) is 0 Å². The predicted molar refractivity (Wildman–Crippen MR) is 189 cm³/mol.